The summed E-state index contributed by atoms with van der Waals surface area (Å²) in [4.78, 5) is 0. The second-order valence-electron chi connectivity index (χ2n) is 8.22. The molecule has 2 aromatic rings. The fourth-order valence-corrected chi connectivity index (χ4v) is 4.28. The molecular weight excluding hydrogens is 395 g/mol. The first kappa shape index (κ1) is 17.7. The highest BCUT2D eigenvalue weighted by Gasteiger charge is 2.22. The van der Waals surface area contributed by atoms with E-state index in [0.29, 0.717) is 18.3 Å². The molecule has 0 nitrogen and oxygen atoms in total. The van der Waals surface area contributed by atoms with Crippen LogP contribution in [0.25, 0.3) is 11.1 Å². The van der Waals surface area contributed by atoms with E-state index in [1.807, 2.05) is 0 Å². The molecule has 0 heterocycles. The monoisotopic (exact) mass is 428 g/mol. The summed E-state index contributed by atoms with van der Waals surface area (Å²) in [7, 11) is 0. The number of rotatable bonds is 8. The fraction of sp³-hybridized carbons (Fsp3) is 0.520. The van der Waals surface area contributed by atoms with Crippen molar-refractivity contribution in [2.24, 2.45) is 11.8 Å². The van der Waals surface area contributed by atoms with Gasteiger partial charge in [0.2, 0.25) is 0 Å². The van der Waals surface area contributed by atoms with E-state index in [1.54, 1.807) is 0 Å². The molecule has 0 aromatic heterocycles. The second-order valence-corrected chi connectivity index (χ2v) is 8.22. The molecule has 1 saturated carbocycles. The second kappa shape index (κ2) is 10.4. The molecule has 0 aliphatic heterocycles. The van der Waals surface area contributed by atoms with E-state index in [4.69, 9.17) is 5.48 Å². The third-order valence-corrected chi connectivity index (χ3v) is 6.05. The number of hydrogen-bond donors (Lipinski definition) is 0. The average molecular weight is 429 g/mol. The van der Waals surface area contributed by atoms with Gasteiger partial charge in [-0.15, -0.1) is 0 Å². The van der Waals surface area contributed by atoms with Gasteiger partial charge in [0.05, 0.1) is 11.0 Å². The lowest BCUT2D eigenvalue weighted by Gasteiger charge is -2.28. The molecule has 0 bridgehead atoms. The number of halogens is 5. The van der Waals surface area contributed by atoms with Gasteiger partial charge in [-0.2, -0.15) is 0 Å². The lowest BCUT2D eigenvalue weighted by atomic mass is 9.77. The summed E-state index contributed by atoms with van der Waals surface area (Å²) >= 11 is 0. The smallest absolute Gasteiger partial charge is 0.194 e. The number of unbranched alkanes of at least 4 members (excludes halogenated alkanes) is 2. The Morgan fingerprint density at radius 3 is 1.83 bits per heavy atom. The molecule has 0 unspecified atom stereocenters. The van der Waals surface area contributed by atoms with Crippen molar-refractivity contribution in [3.8, 4) is 11.1 Å². The van der Waals surface area contributed by atoms with Crippen LogP contribution in [0, 0.1) is 40.9 Å². The van der Waals surface area contributed by atoms with E-state index in [0.717, 1.165) is 25.7 Å². The Labute approximate surface area is 181 Å². The normalized spacial score (nSPS) is 21.1. The molecule has 0 atom stereocenters. The van der Waals surface area contributed by atoms with Gasteiger partial charge < -0.3 is 0 Å². The van der Waals surface area contributed by atoms with Gasteiger partial charge in [-0.3, -0.25) is 0 Å². The Kier molecular flexibility index (Phi) is 6.15. The van der Waals surface area contributed by atoms with E-state index in [9.17, 15) is 13.2 Å². The Morgan fingerprint density at radius 2 is 1.30 bits per heavy atom. The lowest BCUT2D eigenvalue weighted by Crippen LogP contribution is -2.15. The summed E-state index contributed by atoms with van der Waals surface area (Å²) < 4.78 is 103. The zero-order chi connectivity index (χ0) is 25.2. The van der Waals surface area contributed by atoms with Crippen LogP contribution in [0.5, 0.6) is 0 Å². The van der Waals surface area contributed by atoms with Crippen molar-refractivity contribution in [3.63, 3.8) is 0 Å². The maximum Gasteiger partial charge on any atom is 0.194 e. The zero-order valence-electron chi connectivity index (χ0n) is 21.1. The minimum absolute atomic E-state index is 0.102. The van der Waals surface area contributed by atoms with Crippen molar-refractivity contribution in [2.75, 3.05) is 0 Å². The largest absolute Gasteiger partial charge is 0.206 e. The topological polar surface area (TPSA) is 0 Å². The van der Waals surface area contributed by atoms with Crippen LogP contribution in [0.3, 0.4) is 0 Å². The van der Waals surface area contributed by atoms with E-state index >= 15 is 8.78 Å². The number of benzene rings is 2. The molecule has 0 spiro atoms. The van der Waals surface area contributed by atoms with Crippen molar-refractivity contribution in [1.29, 1.82) is 0 Å². The van der Waals surface area contributed by atoms with Crippen LogP contribution < -0.4 is 0 Å². The van der Waals surface area contributed by atoms with E-state index < -0.39 is 64.4 Å². The summed E-state index contributed by atoms with van der Waals surface area (Å²) in [6, 6.07) is -4.41. The van der Waals surface area contributed by atoms with Crippen molar-refractivity contribution in [2.45, 2.75) is 71.1 Å². The highest BCUT2D eigenvalue weighted by molar-refractivity contribution is 5.65. The first-order valence-corrected chi connectivity index (χ1v) is 10.7. The summed E-state index contributed by atoms with van der Waals surface area (Å²) in [6.07, 6.45) is 9.68. The first-order chi connectivity index (χ1) is 16.1. The molecule has 1 aliphatic carbocycles. The molecule has 0 N–H and O–H groups in total. The quantitative estimate of drug-likeness (QED) is 0.225. The molecular formula is C25H29F5. The highest BCUT2D eigenvalue weighted by Crippen LogP contribution is 2.35. The van der Waals surface area contributed by atoms with Crippen molar-refractivity contribution in [3.05, 3.63) is 58.8 Å². The van der Waals surface area contributed by atoms with Crippen molar-refractivity contribution in [1.82, 2.24) is 0 Å². The van der Waals surface area contributed by atoms with Crippen LogP contribution >= 0.6 is 0 Å². The minimum atomic E-state index is -2.09. The summed E-state index contributed by atoms with van der Waals surface area (Å²) in [5, 5.41) is 0. The van der Waals surface area contributed by atoms with E-state index in [-0.39, 0.29) is 12.0 Å². The van der Waals surface area contributed by atoms with Crippen LogP contribution in [0.15, 0.2) is 24.2 Å². The molecule has 2 aromatic carbocycles. The Balaban J connectivity index is 1.82. The Morgan fingerprint density at radius 1 is 0.767 bits per heavy atom. The maximum atomic E-state index is 15.1. The molecule has 1 fully saturated rings. The summed E-state index contributed by atoms with van der Waals surface area (Å²) in [5.41, 5.74) is -2.54. The van der Waals surface area contributed by atoms with Crippen molar-refractivity contribution >= 4 is 0 Å². The van der Waals surface area contributed by atoms with Crippen LogP contribution in [-0.4, -0.2) is 0 Å². The van der Waals surface area contributed by atoms with Crippen LogP contribution in [-0.2, 0) is 6.42 Å². The van der Waals surface area contributed by atoms with Crippen LogP contribution in [0.2, 0.25) is 0 Å². The Bertz CT molecular complexity index is 991. The predicted octanol–water partition coefficient (Wildman–Crippen LogP) is 8.37. The fourth-order valence-electron chi connectivity index (χ4n) is 4.28. The van der Waals surface area contributed by atoms with Crippen LogP contribution in [0.4, 0.5) is 22.0 Å². The highest BCUT2D eigenvalue weighted by atomic mass is 19.2. The lowest BCUT2D eigenvalue weighted by molar-refractivity contribution is 0.249. The third-order valence-electron chi connectivity index (χ3n) is 6.05. The van der Waals surface area contributed by atoms with Gasteiger partial charge in [0.25, 0.3) is 0 Å². The standard InChI is InChI=1S/C25H29F5/c1-2-3-4-5-16-6-8-17(9-7-16)10-11-18-12-20(26)24(21(27)13-18)19-14-22(28)25(30)23(29)15-19/h12-17H,2-11H2,1H3/i12D,13D,14D,15D. The van der Waals surface area contributed by atoms with Gasteiger partial charge in [0, 0.05) is 0 Å². The van der Waals surface area contributed by atoms with Crippen molar-refractivity contribution < 1.29 is 27.4 Å². The molecule has 3 rings (SSSR count). The molecule has 30 heavy (non-hydrogen) atoms. The zero-order valence-corrected chi connectivity index (χ0v) is 17.1. The summed E-state index contributed by atoms with van der Waals surface area (Å²) in [6.45, 7) is 2.17. The van der Waals surface area contributed by atoms with Gasteiger partial charge in [-0.1, -0.05) is 58.3 Å². The molecule has 5 heteroatoms. The van der Waals surface area contributed by atoms with Gasteiger partial charge in [-0.25, -0.2) is 22.0 Å². The molecule has 0 amide bonds. The molecule has 1 aliphatic rings. The third kappa shape index (κ3) is 5.61. The Hall–Kier alpha value is -1.91. The van der Waals surface area contributed by atoms with E-state index in [1.165, 1.54) is 25.7 Å². The summed E-state index contributed by atoms with van der Waals surface area (Å²) in [5.74, 6) is -8.08. The minimum Gasteiger partial charge on any atom is -0.206 e. The maximum absolute atomic E-state index is 15.1. The number of hydrogen-bond acceptors (Lipinski definition) is 0. The first-order valence-electron chi connectivity index (χ1n) is 12.7. The van der Waals surface area contributed by atoms with Gasteiger partial charge in [0.15, 0.2) is 17.5 Å². The molecule has 0 saturated heterocycles. The van der Waals surface area contributed by atoms with Gasteiger partial charge in [0.1, 0.15) is 11.6 Å². The van der Waals surface area contributed by atoms with Crippen LogP contribution in [0.1, 0.15) is 75.8 Å². The van der Waals surface area contributed by atoms with Gasteiger partial charge >= 0.3 is 0 Å². The van der Waals surface area contributed by atoms with E-state index in [2.05, 4.69) is 6.92 Å². The SMILES string of the molecule is [2H]c1c(F)c(-c2c([2H])c(F)c(F)c(F)c2[2H])c(F)c([2H])c1CCC1CCC(CCCCC)CC1. The van der Waals surface area contributed by atoms with Gasteiger partial charge in [-0.05, 0) is 60.0 Å². The molecule has 0 radical (unpaired) electrons. The predicted molar refractivity (Wildman–Crippen MR) is 110 cm³/mol. The molecule has 164 valence electrons. The average Bonchev–Trinajstić information content (AvgIpc) is 2.83.